The predicted molar refractivity (Wildman–Crippen MR) is 72.1 cm³/mol. The predicted octanol–water partition coefficient (Wildman–Crippen LogP) is 2.80. The maximum Gasteiger partial charge on any atom is 0.249 e. The molecule has 18 heavy (non-hydrogen) atoms. The van der Waals surface area contributed by atoms with Gasteiger partial charge in [-0.05, 0) is 24.3 Å². The molecule has 0 saturated heterocycles. The second kappa shape index (κ2) is 5.36. The smallest absolute Gasteiger partial charge is 0.249 e. The number of nitrogens with zero attached hydrogens (tertiary/aromatic N) is 2. The van der Waals surface area contributed by atoms with Gasteiger partial charge in [0, 0.05) is 4.47 Å². The Bertz CT molecular complexity index is 609. The molecule has 1 aromatic heterocycles. The maximum atomic E-state index is 13.6. The number of hydrogen-bond acceptors (Lipinski definition) is 4. The summed E-state index contributed by atoms with van der Waals surface area (Å²) in [6.45, 7) is 0. The monoisotopic (exact) mass is 327 g/mol. The highest BCUT2D eigenvalue weighted by molar-refractivity contribution is 9.10. The molecule has 2 rings (SSSR count). The van der Waals surface area contributed by atoms with Gasteiger partial charge in [-0.2, -0.15) is 5.10 Å². The van der Waals surface area contributed by atoms with Crippen molar-refractivity contribution in [2.45, 2.75) is 0 Å². The second-order valence-electron chi connectivity index (χ2n) is 3.29. The number of halogens is 2. The van der Waals surface area contributed by atoms with E-state index in [0.29, 0.717) is 10.0 Å². The number of hydrogen-bond donors (Lipinski definition) is 1. The average molecular weight is 328 g/mol. The van der Waals surface area contributed by atoms with Crippen molar-refractivity contribution >= 4 is 33.1 Å². The highest BCUT2D eigenvalue weighted by Crippen LogP contribution is 2.27. The molecule has 2 aromatic rings. The Morgan fingerprint density at radius 3 is 2.83 bits per heavy atom. The first-order valence-electron chi connectivity index (χ1n) is 4.82. The van der Waals surface area contributed by atoms with Crippen LogP contribution < -0.4 is 10.5 Å². The number of thiocarbonyl (C=S) groups is 1. The van der Waals surface area contributed by atoms with Crippen LogP contribution in [0.2, 0.25) is 0 Å². The fourth-order valence-corrected chi connectivity index (χ4v) is 1.73. The summed E-state index contributed by atoms with van der Waals surface area (Å²) in [6, 6.07) is 5.96. The molecule has 0 bridgehead atoms. The Morgan fingerprint density at radius 2 is 2.17 bits per heavy atom. The van der Waals surface area contributed by atoms with Crippen molar-refractivity contribution in [3.63, 3.8) is 0 Å². The molecule has 0 fully saturated rings. The largest absolute Gasteiger partial charge is 0.434 e. The van der Waals surface area contributed by atoms with Crippen LogP contribution in [0.15, 0.2) is 34.9 Å². The minimum Gasteiger partial charge on any atom is -0.434 e. The average Bonchev–Trinajstić information content (AvgIpc) is 2.33. The van der Waals surface area contributed by atoms with E-state index in [-0.39, 0.29) is 16.6 Å². The fourth-order valence-electron chi connectivity index (χ4n) is 1.24. The van der Waals surface area contributed by atoms with Gasteiger partial charge in [0.25, 0.3) is 0 Å². The van der Waals surface area contributed by atoms with Crippen molar-refractivity contribution in [1.82, 2.24) is 10.2 Å². The van der Waals surface area contributed by atoms with Gasteiger partial charge >= 0.3 is 0 Å². The number of benzene rings is 1. The zero-order chi connectivity index (χ0) is 13.1. The fraction of sp³-hybridized carbons (Fsp3) is 0. The van der Waals surface area contributed by atoms with Crippen molar-refractivity contribution in [3.8, 4) is 11.6 Å². The molecule has 0 atom stereocenters. The first kappa shape index (κ1) is 12.8. The van der Waals surface area contributed by atoms with E-state index in [1.165, 1.54) is 18.3 Å². The van der Waals surface area contributed by atoms with E-state index in [2.05, 4.69) is 26.1 Å². The Hall–Kier alpha value is -1.60. The molecule has 2 N–H and O–H groups in total. The normalized spacial score (nSPS) is 10.1. The van der Waals surface area contributed by atoms with E-state index in [1.54, 1.807) is 12.1 Å². The van der Waals surface area contributed by atoms with Gasteiger partial charge in [0.05, 0.1) is 11.8 Å². The molecular formula is C11H7BrFN3OS. The molecule has 0 aliphatic heterocycles. The zero-order valence-corrected chi connectivity index (χ0v) is 11.3. The van der Waals surface area contributed by atoms with Crippen LogP contribution in [0.1, 0.15) is 5.56 Å². The first-order valence-corrected chi connectivity index (χ1v) is 6.02. The van der Waals surface area contributed by atoms with E-state index >= 15 is 0 Å². The van der Waals surface area contributed by atoms with E-state index in [1.807, 2.05) is 0 Å². The van der Waals surface area contributed by atoms with Gasteiger partial charge in [-0.15, -0.1) is 5.10 Å². The molecule has 92 valence electrons. The summed E-state index contributed by atoms with van der Waals surface area (Å²) in [6.07, 6.45) is 1.43. The van der Waals surface area contributed by atoms with Crippen LogP contribution in [0.3, 0.4) is 0 Å². The number of rotatable bonds is 3. The summed E-state index contributed by atoms with van der Waals surface area (Å²) in [5.41, 5.74) is 5.92. The van der Waals surface area contributed by atoms with Crippen LogP contribution in [0.25, 0.3) is 0 Å². The molecule has 0 radical (unpaired) electrons. The van der Waals surface area contributed by atoms with Gasteiger partial charge in [0.15, 0.2) is 11.6 Å². The summed E-state index contributed by atoms with van der Waals surface area (Å²) >= 11 is 8.00. The number of aromatic nitrogens is 2. The molecule has 4 nitrogen and oxygen atoms in total. The zero-order valence-electron chi connectivity index (χ0n) is 8.93. The molecule has 0 spiro atoms. The Balaban J connectivity index is 2.37. The lowest BCUT2D eigenvalue weighted by atomic mass is 10.3. The molecule has 0 amide bonds. The van der Waals surface area contributed by atoms with E-state index in [9.17, 15) is 4.39 Å². The minimum absolute atomic E-state index is 0.0243. The van der Waals surface area contributed by atoms with E-state index < -0.39 is 5.82 Å². The van der Waals surface area contributed by atoms with Gasteiger partial charge in [-0.3, -0.25) is 0 Å². The SMILES string of the molecule is NC(=S)c1ccnnc1Oc1ccc(Br)cc1F. The molecule has 0 aliphatic carbocycles. The minimum atomic E-state index is -0.524. The molecule has 0 saturated carbocycles. The Kier molecular flexibility index (Phi) is 3.83. The summed E-state index contributed by atoms with van der Waals surface area (Å²) in [4.78, 5) is 0.109. The number of nitrogens with two attached hydrogens (primary N) is 1. The second-order valence-corrected chi connectivity index (χ2v) is 4.65. The van der Waals surface area contributed by atoms with E-state index in [0.717, 1.165) is 0 Å². The van der Waals surface area contributed by atoms with Crippen molar-refractivity contribution < 1.29 is 9.13 Å². The van der Waals surface area contributed by atoms with Crippen LogP contribution in [0.4, 0.5) is 4.39 Å². The van der Waals surface area contributed by atoms with Crippen LogP contribution in [0, 0.1) is 5.82 Å². The summed E-state index contributed by atoms with van der Waals surface area (Å²) in [5, 5.41) is 7.39. The third kappa shape index (κ3) is 2.80. The quantitative estimate of drug-likeness (QED) is 0.878. The summed E-state index contributed by atoms with van der Waals surface area (Å²) in [7, 11) is 0. The Morgan fingerprint density at radius 1 is 1.39 bits per heavy atom. The van der Waals surface area contributed by atoms with Gasteiger partial charge in [0.1, 0.15) is 4.99 Å². The van der Waals surface area contributed by atoms with Crippen LogP contribution >= 0.6 is 28.1 Å². The van der Waals surface area contributed by atoms with Gasteiger partial charge < -0.3 is 10.5 Å². The molecule has 1 heterocycles. The first-order chi connectivity index (χ1) is 8.58. The summed E-state index contributed by atoms with van der Waals surface area (Å²) < 4.78 is 19.5. The number of ether oxygens (including phenoxy) is 1. The maximum absolute atomic E-state index is 13.6. The molecule has 0 unspecified atom stereocenters. The molecule has 1 aromatic carbocycles. The lowest BCUT2D eigenvalue weighted by Gasteiger charge is -2.08. The third-order valence-electron chi connectivity index (χ3n) is 2.05. The van der Waals surface area contributed by atoms with Crippen LogP contribution in [0.5, 0.6) is 11.6 Å². The van der Waals surface area contributed by atoms with Crippen molar-refractivity contribution in [2.75, 3.05) is 0 Å². The topological polar surface area (TPSA) is 61.0 Å². The standard InChI is InChI=1S/C11H7BrFN3OS/c12-6-1-2-9(8(13)5-6)17-11-7(10(14)18)3-4-15-16-11/h1-5H,(H2,14,18). The third-order valence-corrected chi connectivity index (χ3v) is 2.77. The lowest BCUT2D eigenvalue weighted by molar-refractivity contribution is 0.421. The highest BCUT2D eigenvalue weighted by atomic mass is 79.9. The van der Waals surface area contributed by atoms with E-state index in [4.69, 9.17) is 22.7 Å². The molecule has 7 heteroatoms. The van der Waals surface area contributed by atoms with Crippen molar-refractivity contribution in [2.24, 2.45) is 5.73 Å². The highest BCUT2D eigenvalue weighted by Gasteiger charge is 2.12. The Labute approximate surface area is 116 Å². The molecule has 0 aliphatic rings. The molecular weight excluding hydrogens is 321 g/mol. The van der Waals surface area contributed by atoms with Crippen molar-refractivity contribution in [3.05, 3.63) is 46.3 Å². The van der Waals surface area contributed by atoms with Crippen LogP contribution in [-0.2, 0) is 0 Å². The lowest BCUT2D eigenvalue weighted by Crippen LogP contribution is -2.12. The van der Waals surface area contributed by atoms with Crippen LogP contribution in [-0.4, -0.2) is 15.2 Å². The van der Waals surface area contributed by atoms with Gasteiger partial charge in [-0.25, -0.2) is 4.39 Å². The van der Waals surface area contributed by atoms with Gasteiger partial charge in [-0.1, -0.05) is 28.1 Å². The van der Waals surface area contributed by atoms with Gasteiger partial charge in [0.2, 0.25) is 5.88 Å². The summed E-state index contributed by atoms with van der Waals surface area (Å²) in [5.74, 6) is -0.425. The van der Waals surface area contributed by atoms with Crippen molar-refractivity contribution in [1.29, 1.82) is 0 Å².